The summed E-state index contributed by atoms with van der Waals surface area (Å²) in [6, 6.07) is 5.58. The van der Waals surface area contributed by atoms with Gasteiger partial charge in [0.25, 0.3) is 0 Å². The Balaban J connectivity index is 2.94. The van der Waals surface area contributed by atoms with Gasteiger partial charge < -0.3 is 5.73 Å². The summed E-state index contributed by atoms with van der Waals surface area (Å²) in [6.45, 7) is 4.24. The summed E-state index contributed by atoms with van der Waals surface area (Å²) in [5.74, 6) is 0.0103. The second kappa shape index (κ2) is 4.71. The molecule has 3 N–H and O–H groups in total. The van der Waals surface area contributed by atoms with Crippen LogP contribution in [-0.4, -0.2) is 11.1 Å². The lowest BCUT2D eigenvalue weighted by molar-refractivity contribution is 1.11. The van der Waals surface area contributed by atoms with Gasteiger partial charge in [0.1, 0.15) is 5.84 Å². The molecule has 1 rings (SSSR count). The predicted octanol–water partition coefficient (Wildman–Crippen LogP) is 3.12. The van der Waals surface area contributed by atoms with Crippen LogP contribution in [0.3, 0.4) is 0 Å². The number of amidine groups is 1. The molecular formula is C10H13ClN2S. The van der Waals surface area contributed by atoms with Gasteiger partial charge >= 0.3 is 0 Å². The molecule has 14 heavy (non-hydrogen) atoms. The highest BCUT2D eigenvalue weighted by molar-refractivity contribution is 7.99. The van der Waals surface area contributed by atoms with Crippen LogP contribution in [0.15, 0.2) is 23.1 Å². The highest BCUT2D eigenvalue weighted by Gasteiger charge is 2.05. The number of hydrogen-bond acceptors (Lipinski definition) is 2. The van der Waals surface area contributed by atoms with Crippen molar-refractivity contribution in [1.29, 1.82) is 5.41 Å². The van der Waals surface area contributed by atoms with Crippen molar-refractivity contribution < 1.29 is 0 Å². The van der Waals surface area contributed by atoms with E-state index in [1.807, 2.05) is 12.1 Å². The van der Waals surface area contributed by atoms with Crippen molar-refractivity contribution >= 4 is 29.2 Å². The van der Waals surface area contributed by atoms with E-state index < -0.39 is 0 Å². The van der Waals surface area contributed by atoms with Crippen molar-refractivity contribution in [2.24, 2.45) is 5.73 Å². The molecular weight excluding hydrogens is 216 g/mol. The zero-order valence-corrected chi connectivity index (χ0v) is 9.75. The van der Waals surface area contributed by atoms with E-state index in [0.29, 0.717) is 15.8 Å². The maximum Gasteiger partial charge on any atom is 0.124 e. The molecule has 0 aliphatic rings. The van der Waals surface area contributed by atoms with Gasteiger partial charge in [0.05, 0.1) is 5.02 Å². The van der Waals surface area contributed by atoms with Crippen LogP contribution >= 0.6 is 23.4 Å². The topological polar surface area (TPSA) is 49.9 Å². The highest BCUT2D eigenvalue weighted by Crippen LogP contribution is 2.27. The van der Waals surface area contributed by atoms with Crippen LogP contribution in [0, 0.1) is 5.41 Å². The van der Waals surface area contributed by atoms with Crippen LogP contribution < -0.4 is 5.73 Å². The Kier molecular flexibility index (Phi) is 3.84. The lowest BCUT2D eigenvalue weighted by atomic mass is 10.2. The van der Waals surface area contributed by atoms with Crippen LogP contribution in [0.25, 0.3) is 0 Å². The fraction of sp³-hybridized carbons (Fsp3) is 0.300. The summed E-state index contributed by atoms with van der Waals surface area (Å²) < 4.78 is 0. The molecule has 0 radical (unpaired) electrons. The van der Waals surface area contributed by atoms with Crippen LogP contribution in [-0.2, 0) is 0 Å². The van der Waals surface area contributed by atoms with E-state index >= 15 is 0 Å². The van der Waals surface area contributed by atoms with Gasteiger partial charge in [0, 0.05) is 15.7 Å². The molecule has 1 aromatic rings. The van der Waals surface area contributed by atoms with Crippen LogP contribution in [0.2, 0.25) is 5.02 Å². The van der Waals surface area contributed by atoms with E-state index in [1.54, 1.807) is 17.8 Å². The molecule has 1 aromatic carbocycles. The lowest BCUT2D eigenvalue weighted by Gasteiger charge is -2.07. The summed E-state index contributed by atoms with van der Waals surface area (Å²) in [5.41, 5.74) is 5.95. The maximum absolute atomic E-state index is 7.27. The average molecular weight is 229 g/mol. The smallest absolute Gasteiger partial charge is 0.124 e. The molecule has 0 fully saturated rings. The number of halogens is 1. The second-order valence-corrected chi connectivity index (χ2v) is 5.28. The molecule has 0 atom stereocenters. The summed E-state index contributed by atoms with van der Waals surface area (Å²) >= 11 is 7.71. The minimum atomic E-state index is 0.0103. The monoisotopic (exact) mass is 228 g/mol. The minimum Gasteiger partial charge on any atom is -0.384 e. The van der Waals surface area contributed by atoms with Gasteiger partial charge in [0.2, 0.25) is 0 Å². The van der Waals surface area contributed by atoms with E-state index in [-0.39, 0.29) is 5.84 Å². The number of nitrogen functional groups attached to an aromatic ring is 1. The highest BCUT2D eigenvalue weighted by atomic mass is 35.5. The lowest BCUT2D eigenvalue weighted by Crippen LogP contribution is -2.11. The third-order valence-corrected chi connectivity index (χ3v) is 2.91. The molecule has 0 spiro atoms. The molecule has 0 aliphatic carbocycles. The third kappa shape index (κ3) is 2.93. The molecule has 0 bridgehead atoms. The molecule has 2 nitrogen and oxygen atoms in total. The Bertz CT molecular complexity index is 350. The number of benzene rings is 1. The Labute approximate surface area is 93.3 Å². The Morgan fingerprint density at radius 2 is 2.14 bits per heavy atom. The fourth-order valence-electron chi connectivity index (χ4n) is 1.06. The van der Waals surface area contributed by atoms with Crippen molar-refractivity contribution in [3.8, 4) is 0 Å². The summed E-state index contributed by atoms with van der Waals surface area (Å²) in [4.78, 5) is 1.11. The number of thioether (sulfide) groups is 1. The maximum atomic E-state index is 7.27. The minimum absolute atomic E-state index is 0.0103. The first-order chi connectivity index (χ1) is 6.50. The summed E-state index contributed by atoms with van der Waals surface area (Å²) in [6.07, 6.45) is 0. The molecule has 4 heteroatoms. The molecule has 0 aromatic heterocycles. The van der Waals surface area contributed by atoms with Crippen molar-refractivity contribution in [2.45, 2.75) is 24.0 Å². The molecule has 0 saturated heterocycles. The van der Waals surface area contributed by atoms with E-state index in [0.717, 1.165) is 4.90 Å². The second-order valence-electron chi connectivity index (χ2n) is 3.22. The van der Waals surface area contributed by atoms with E-state index in [4.69, 9.17) is 22.7 Å². The van der Waals surface area contributed by atoms with Crippen LogP contribution in [0.4, 0.5) is 0 Å². The van der Waals surface area contributed by atoms with Crippen molar-refractivity contribution in [3.63, 3.8) is 0 Å². The Morgan fingerprint density at radius 1 is 1.50 bits per heavy atom. The Morgan fingerprint density at radius 3 is 2.57 bits per heavy atom. The van der Waals surface area contributed by atoms with Gasteiger partial charge in [-0.1, -0.05) is 25.4 Å². The molecule has 0 unspecified atom stereocenters. The Hall–Kier alpha value is -0.670. The van der Waals surface area contributed by atoms with Gasteiger partial charge in [-0.25, -0.2) is 0 Å². The molecule has 0 heterocycles. The number of nitrogens with one attached hydrogen (secondary N) is 1. The van der Waals surface area contributed by atoms with Crippen molar-refractivity contribution in [3.05, 3.63) is 28.8 Å². The number of rotatable bonds is 3. The normalized spacial score (nSPS) is 10.6. The molecule has 0 aliphatic heterocycles. The molecule has 0 saturated carbocycles. The van der Waals surface area contributed by atoms with E-state index in [9.17, 15) is 0 Å². The zero-order chi connectivity index (χ0) is 10.7. The largest absolute Gasteiger partial charge is 0.384 e. The van der Waals surface area contributed by atoms with Gasteiger partial charge in [-0.2, -0.15) is 0 Å². The quantitative estimate of drug-likeness (QED) is 0.475. The first kappa shape index (κ1) is 11.4. The standard InChI is InChI=1S/C10H13ClN2S/c1-6(2)14-7-3-4-8(10(12)13)9(11)5-7/h3-6H,1-2H3,(H3,12,13). The van der Waals surface area contributed by atoms with E-state index in [2.05, 4.69) is 13.8 Å². The van der Waals surface area contributed by atoms with Crippen LogP contribution in [0.5, 0.6) is 0 Å². The third-order valence-electron chi connectivity index (χ3n) is 1.60. The number of nitrogens with two attached hydrogens (primary N) is 1. The zero-order valence-electron chi connectivity index (χ0n) is 8.17. The van der Waals surface area contributed by atoms with Gasteiger partial charge in [-0.3, -0.25) is 5.41 Å². The van der Waals surface area contributed by atoms with Gasteiger partial charge in [-0.05, 0) is 18.2 Å². The van der Waals surface area contributed by atoms with Crippen molar-refractivity contribution in [1.82, 2.24) is 0 Å². The SMILES string of the molecule is CC(C)Sc1ccc(C(=N)N)c(Cl)c1. The van der Waals surface area contributed by atoms with Gasteiger partial charge in [-0.15, -0.1) is 11.8 Å². The first-order valence-corrected chi connectivity index (χ1v) is 5.57. The first-order valence-electron chi connectivity index (χ1n) is 4.31. The van der Waals surface area contributed by atoms with Crippen molar-refractivity contribution in [2.75, 3.05) is 0 Å². The molecule has 0 amide bonds. The molecule has 76 valence electrons. The average Bonchev–Trinajstić information content (AvgIpc) is 2.01. The van der Waals surface area contributed by atoms with E-state index in [1.165, 1.54) is 0 Å². The summed E-state index contributed by atoms with van der Waals surface area (Å²) in [7, 11) is 0. The number of hydrogen-bond donors (Lipinski definition) is 2. The summed E-state index contributed by atoms with van der Waals surface area (Å²) in [5, 5.41) is 8.34. The van der Waals surface area contributed by atoms with Gasteiger partial charge in [0.15, 0.2) is 0 Å². The fourth-order valence-corrected chi connectivity index (χ4v) is 2.28. The van der Waals surface area contributed by atoms with Crippen LogP contribution in [0.1, 0.15) is 19.4 Å². The predicted molar refractivity (Wildman–Crippen MR) is 63.5 cm³/mol.